The molecular weight excluding hydrogens is 362 g/mol. The fourth-order valence-corrected chi connectivity index (χ4v) is 2.22. The van der Waals surface area contributed by atoms with Gasteiger partial charge < -0.3 is 14.8 Å². The van der Waals surface area contributed by atoms with E-state index in [4.69, 9.17) is 9.47 Å². The third kappa shape index (κ3) is 4.23. The molecule has 1 amide bonds. The van der Waals surface area contributed by atoms with Gasteiger partial charge in [0.2, 0.25) is 6.79 Å². The summed E-state index contributed by atoms with van der Waals surface area (Å²) in [5.41, 5.74) is 4.15. The third-order valence-corrected chi connectivity index (χ3v) is 3.63. The summed E-state index contributed by atoms with van der Waals surface area (Å²) in [6, 6.07) is 13.0. The molecule has 1 aliphatic rings. The highest BCUT2D eigenvalue weighted by Gasteiger charge is 2.13. The van der Waals surface area contributed by atoms with Crippen LogP contribution >= 0.6 is 15.9 Å². The summed E-state index contributed by atoms with van der Waals surface area (Å²) >= 11 is 3.36. The van der Waals surface area contributed by atoms with E-state index in [1.54, 1.807) is 18.3 Å². The molecule has 0 spiro atoms. The number of benzene rings is 2. The Morgan fingerprint density at radius 1 is 1.17 bits per heavy atom. The maximum absolute atomic E-state index is 11.7. The summed E-state index contributed by atoms with van der Waals surface area (Å²) in [6.45, 7) is 0.335. The number of halogens is 1. The van der Waals surface area contributed by atoms with Gasteiger partial charge in [-0.15, -0.1) is 0 Å². The van der Waals surface area contributed by atoms with Gasteiger partial charge in [-0.25, -0.2) is 5.43 Å². The van der Waals surface area contributed by atoms with E-state index < -0.39 is 0 Å². The maximum Gasteiger partial charge on any atom is 0.259 e. The van der Waals surface area contributed by atoms with Crippen LogP contribution in [-0.2, 0) is 4.79 Å². The molecular formula is C16H14BrN3O3. The van der Waals surface area contributed by atoms with Gasteiger partial charge in [-0.3, -0.25) is 4.79 Å². The van der Waals surface area contributed by atoms with Crippen LogP contribution in [0.4, 0.5) is 5.69 Å². The Hall–Kier alpha value is -2.54. The van der Waals surface area contributed by atoms with Crippen LogP contribution in [0, 0.1) is 0 Å². The molecule has 2 aromatic carbocycles. The van der Waals surface area contributed by atoms with Crippen LogP contribution in [-0.4, -0.2) is 25.5 Å². The van der Waals surface area contributed by atoms with Gasteiger partial charge in [0.25, 0.3) is 5.91 Å². The molecule has 2 aromatic rings. The number of anilines is 1. The predicted octanol–water partition coefficient (Wildman–Crippen LogP) is 2.74. The van der Waals surface area contributed by atoms with E-state index in [-0.39, 0.29) is 19.2 Å². The average molecular weight is 376 g/mol. The number of amides is 1. The summed E-state index contributed by atoms with van der Waals surface area (Å²) in [4.78, 5) is 11.7. The summed E-state index contributed by atoms with van der Waals surface area (Å²) in [6.07, 6.45) is 1.59. The molecule has 0 bridgehead atoms. The second-order valence-corrected chi connectivity index (χ2v) is 5.68. The minimum atomic E-state index is -0.240. The fraction of sp³-hybridized carbons (Fsp3) is 0.125. The Balaban J connectivity index is 1.47. The number of hydrazone groups is 1. The van der Waals surface area contributed by atoms with Crippen LogP contribution in [0.2, 0.25) is 0 Å². The number of fused-ring (bicyclic) bond motifs is 1. The number of hydrogen-bond donors (Lipinski definition) is 2. The molecule has 0 aromatic heterocycles. The van der Waals surface area contributed by atoms with Crippen LogP contribution in [0.5, 0.6) is 11.5 Å². The van der Waals surface area contributed by atoms with Crippen LogP contribution < -0.4 is 20.2 Å². The maximum atomic E-state index is 11.7. The second kappa shape index (κ2) is 7.15. The molecule has 0 fully saturated rings. The zero-order valence-electron chi connectivity index (χ0n) is 12.1. The molecule has 2 N–H and O–H groups in total. The Labute approximate surface area is 141 Å². The molecule has 1 heterocycles. The van der Waals surface area contributed by atoms with E-state index in [2.05, 4.69) is 31.8 Å². The van der Waals surface area contributed by atoms with Gasteiger partial charge in [-0.05, 0) is 29.8 Å². The highest BCUT2D eigenvalue weighted by atomic mass is 79.9. The van der Waals surface area contributed by atoms with Crippen molar-refractivity contribution < 1.29 is 14.3 Å². The SMILES string of the molecule is O=C(CNc1ccc2c(c1)OCO2)N/N=C\c1ccc(Br)cc1. The van der Waals surface area contributed by atoms with Gasteiger partial charge >= 0.3 is 0 Å². The van der Waals surface area contributed by atoms with E-state index in [1.807, 2.05) is 30.3 Å². The van der Waals surface area contributed by atoms with Gasteiger partial charge in [-0.2, -0.15) is 5.10 Å². The number of hydrogen-bond acceptors (Lipinski definition) is 5. The molecule has 0 saturated carbocycles. The smallest absolute Gasteiger partial charge is 0.259 e. The predicted molar refractivity (Wildman–Crippen MR) is 90.9 cm³/mol. The number of nitrogens with one attached hydrogen (secondary N) is 2. The Morgan fingerprint density at radius 3 is 2.78 bits per heavy atom. The minimum absolute atomic E-state index is 0.108. The van der Waals surface area contributed by atoms with Crippen molar-refractivity contribution in [3.63, 3.8) is 0 Å². The van der Waals surface area contributed by atoms with E-state index in [9.17, 15) is 4.79 Å². The zero-order valence-corrected chi connectivity index (χ0v) is 13.7. The Kier molecular flexibility index (Phi) is 4.77. The molecule has 0 unspecified atom stereocenters. The lowest BCUT2D eigenvalue weighted by Crippen LogP contribution is -2.25. The van der Waals surface area contributed by atoms with Crippen molar-refractivity contribution in [1.29, 1.82) is 0 Å². The molecule has 6 nitrogen and oxygen atoms in total. The summed E-state index contributed by atoms with van der Waals surface area (Å²) in [7, 11) is 0. The molecule has 7 heteroatoms. The molecule has 0 radical (unpaired) electrons. The summed E-state index contributed by atoms with van der Waals surface area (Å²) in [5.74, 6) is 1.14. The standard InChI is InChI=1S/C16H14BrN3O3/c17-12-3-1-11(2-4-12)8-19-20-16(21)9-18-13-5-6-14-15(7-13)23-10-22-14/h1-8,18H,9-10H2,(H,20,21)/b19-8-. The first-order valence-corrected chi connectivity index (χ1v) is 7.71. The van der Waals surface area contributed by atoms with E-state index in [0.717, 1.165) is 15.7 Å². The molecule has 3 rings (SSSR count). The highest BCUT2D eigenvalue weighted by Crippen LogP contribution is 2.34. The molecule has 118 valence electrons. The van der Waals surface area contributed by atoms with Crippen molar-refractivity contribution in [3.05, 3.63) is 52.5 Å². The summed E-state index contributed by atoms with van der Waals surface area (Å²) in [5, 5.41) is 6.92. The fourth-order valence-electron chi connectivity index (χ4n) is 1.96. The van der Waals surface area contributed by atoms with Gasteiger partial charge in [-0.1, -0.05) is 28.1 Å². The number of ether oxygens (including phenoxy) is 2. The van der Waals surface area contributed by atoms with Crippen molar-refractivity contribution in [1.82, 2.24) is 5.43 Å². The molecule has 0 saturated heterocycles. The van der Waals surface area contributed by atoms with Crippen molar-refractivity contribution in [3.8, 4) is 11.5 Å². The number of rotatable bonds is 5. The first-order valence-electron chi connectivity index (χ1n) is 6.92. The quantitative estimate of drug-likeness (QED) is 0.622. The first-order chi connectivity index (χ1) is 11.2. The van der Waals surface area contributed by atoms with Crippen LogP contribution in [0.3, 0.4) is 0 Å². The Bertz CT molecular complexity index is 732. The lowest BCUT2D eigenvalue weighted by Gasteiger charge is -2.06. The van der Waals surface area contributed by atoms with Crippen LogP contribution in [0.1, 0.15) is 5.56 Å². The topological polar surface area (TPSA) is 72.0 Å². The second-order valence-electron chi connectivity index (χ2n) is 4.77. The molecule has 23 heavy (non-hydrogen) atoms. The lowest BCUT2D eigenvalue weighted by molar-refractivity contribution is -0.119. The molecule has 0 atom stereocenters. The van der Waals surface area contributed by atoms with Crippen molar-refractivity contribution in [2.75, 3.05) is 18.7 Å². The van der Waals surface area contributed by atoms with Crippen molar-refractivity contribution in [2.24, 2.45) is 5.10 Å². The van der Waals surface area contributed by atoms with E-state index in [0.29, 0.717) is 11.5 Å². The van der Waals surface area contributed by atoms with Gasteiger partial charge in [0.15, 0.2) is 11.5 Å². The number of carbonyl (C=O) groups is 1. The molecule has 0 aliphatic carbocycles. The Morgan fingerprint density at radius 2 is 1.96 bits per heavy atom. The van der Waals surface area contributed by atoms with Crippen LogP contribution in [0.25, 0.3) is 0 Å². The first kappa shape index (κ1) is 15.4. The minimum Gasteiger partial charge on any atom is -0.454 e. The zero-order chi connectivity index (χ0) is 16.1. The van der Waals surface area contributed by atoms with Crippen LogP contribution in [0.15, 0.2) is 52.0 Å². The molecule has 1 aliphatic heterocycles. The largest absolute Gasteiger partial charge is 0.454 e. The van der Waals surface area contributed by atoms with E-state index in [1.165, 1.54) is 0 Å². The van der Waals surface area contributed by atoms with Crippen molar-refractivity contribution >= 4 is 33.7 Å². The highest BCUT2D eigenvalue weighted by molar-refractivity contribution is 9.10. The third-order valence-electron chi connectivity index (χ3n) is 3.10. The van der Waals surface area contributed by atoms with Gasteiger partial charge in [0, 0.05) is 16.2 Å². The number of nitrogens with zero attached hydrogens (tertiary/aromatic N) is 1. The average Bonchev–Trinajstić information content (AvgIpc) is 3.02. The summed E-state index contributed by atoms with van der Waals surface area (Å²) < 4.78 is 11.5. The van der Waals surface area contributed by atoms with Crippen molar-refractivity contribution in [2.45, 2.75) is 0 Å². The monoisotopic (exact) mass is 375 g/mol. The van der Waals surface area contributed by atoms with Gasteiger partial charge in [0.1, 0.15) is 0 Å². The van der Waals surface area contributed by atoms with E-state index >= 15 is 0 Å². The number of carbonyl (C=O) groups excluding carboxylic acids is 1. The normalized spacial score (nSPS) is 12.4. The van der Waals surface area contributed by atoms with Gasteiger partial charge in [0.05, 0.1) is 12.8 Å². The lowest BCUT2D eigenvalue weighted by atomic mass is 10.2.